The molecule has 0 aliphatic heterocycles. The molecule has 0 N–H and O–H groups in total. The van der Waals surface area contributed by atoms with Crippen molar-refractivity contribution in [2.24, 2.45) is 0 Å². The standard InChI is InChI=1S/2C9H13.2C4H9.Zr/c2*1-2-3-6-9-7-4-5-8-9;2*1-3-4-2;/h2*4,7H,2-3,5-6H2,1H3;2*1,3-4H2,2H3;. The van der Waals surface area contributed by atoms with E-state index in [0.717, 1.165) is 0 Å². The summed E-state index contributed by atoms with van der Waals surface area (Å²) in [5.41, 5.74) is 3.57. The summed E-state index contributed by atoms with van der Waals surface area (Å²) in [6.45, 7) is 9.48. The molecule has 2 aliphatic rings. The van der Waals surface area contributed by atoms with Crippen LogP contribution in [0.5, 0.6) is 0 Å². The summed E-state index contributed by atoms with van der Waals surface area (Å²) in [6.07, 6.45) is 26.4. The summed E-state index contributed by atoms with van der Waals surface area (Å²) in [6, 6.07) is 0. The van der Waals surface area contributed by atoms with Gasteiger partial charge in [0.15, 0.2) is 0 Å². The summed E-state index contributed by atoms with van der Waals surface area (Å²) < 4.78 is 7.19. The fourth-order valence-corrected chi connectivity index (χ4v) is 20.9. The Labute approximate surface area is 174 Å². The van der Waals surface area contributed by atoms with E-state index < -0.39 is 20.3 Å². The van der Waals surface area contributed by atoms with Gasteiger partial charge in [0.2, 0.25) is 0 Å². The third-order valence-electron chi connectivity index (χ3n) is 6.73. The Morgan fingerprint density at radius 2 is 1.04 bits per heavy atom. The average molecular weight is 448 g/mol. The van der Waals surface area contributed by atoms with Crippen molar-refractivity contribution in [3.63, 3.8) is 0 Å². The van der Waals surface area contributed by atoms with E-state index in [9.17, 15) is 0 Å². The van der Waals surface area contributed by atoms with E-state index in [1.807, 2.05) is 6.56 Å². The van der Waals surface area contributed by atoms with Crippen molar-refractivity contribution < 1.29 is 20.3 Å². The van der Waals surface area contributed by atoms with E-state index in [4.69, 9.17) is 0 Å². The molecule has 0 bridgehead atoms. The molecule has 1 heteroatoms. The molecule has 27 heavy (non-hydrogen) atoms. The molecule has 0 heterocycles. The van der Waals surface area contributed by atoms with Crippen molar-refractivity contribution in [3.8, 4) is 0 Å². The van der Waals surface area contributed by atoms with Gasteiger partial charge in [-0.3, -0.25) is 0 Å². The molecule has 0 saturated heterocycles. The molecule has 0 saturated carbocycles. The van der Waals surface area contributed by atoms with E-state index in [2.05, 4.69) is 52.0 Å². The summed E-state index contributed by atoms with van der Waals surface area (Å²) in [5.74, 6) is 0. The van der Waals surface area contributed by atoms with Crippen molar-refractivity contribution in [2.45, 2.75) is 113 Å². The topological polar surface area (TPSA) is 0 Å². The van der Waals surface area contributed by atoms with Gasteiger partial charge in [0.1, 0.15) is 0 Å². The van der Waals surface area contributed by atoms with Gasteiger partial charge in [-0.05, 0) is 0 Å². The Morgan fingerprint density at radius 1 is 0.630 bits per heavy atom. The molecule has 0 atom stereocenters. The quantitative estimate of drug-likeness (QED) is 0.249. The van der Waals surface area contributed by atoms with Crippen LogP contribution < -0.4 is 0 Å². The van der Waals surface area contributed by atoms with E-state index >= 15 is 0 Å². The van der Waals surface area contributed by atoms with E-state index in [1.54, 1.807) is 19.4 Å². The molecule has 0 fully saturated rings. The molecule has 0 nitrogen and oxygen atoms in total. The average Bonchev–Trinajstić information content (AvgIpc) is 3.35. The SMILES string of the molecule is CCCCC1=[C]([Zr]([CH2]CCC)([CH2]CCC)[C]2=C(CCCC)C=CC2)CC=C1. The number of unbranched alkanes of at least 4 members (excludes halogenated alkanes) is 4. The molecular weight excluding hydrogens is 404 g/mol. The van der Waals surface area contributed by atoms with E-state index in [1.165, 1.54) is 77.0 Å². The van der Waals surface area contributed by atoms with Crippen molar-refractivity contribution >= 4 is 0 Å². The van der Waals surface area contributed by atoms with Gasteiger partial charge in [-0.15, -0.1) is 0 Å². The van der Waals surface area contributed by atoms with Crippen LogP contribution in [-0.2, 0) is 20.3 Å². The van der Waals surface area contributed by atoms with Crippen LogP contribution in [-0.4, -0.2) is 0 Å². The van der Waals surface area contributed by atoms with Crippen molar-refractivity contribution in [1.82, 2.24) is 0 Å². The molecule has 0 amide bonds. The van der Waals surface area contributed by atoms with Crippen LogP contribution in [0.25, 0.3) is 0 Å². The second kappa shape index (κ2) is 12.4. The number of hydrogen-bond acceptors (Lipinski definition) is 0. The zero-order valence-electron chi connectivity index (χ0n) is 18.7. The fraction of sp³-hybridized carbons (Fsp3) is 0.692. The monoisotopic (exact) mass is 446 g/mol. The second-order valence-corrected chi connectivity index (χ2v) is 19.5. The summed E-state index contributed by atoms with van der Waals surface area (Å²) in [4.78, 5) is 0. The predicted octanol–water partition coefficient (Wildman–Crippen LogP) is 9.39. The normalized spacial score (nSPS) is 17.0. The van der Waals surface area contributed by atoms with Crippen LogP contribution in [0.3, 0.4) is 0 Å². The van der Waals surface area contributed by atoms with Gasteiger partial charge in [-0.2, -0.15) is 0 Å². The predicted molar refractivity (Wildman–Crippen MR) is 120 cm³/mol. The van der Waals surface area contributed by atoms with Gasteiger partial charge in [0.05, 0.1) is 0 Å². The first-order valence-corrected chi connectivity index (χ1v) is 17.9. The number of allylic oxidation sites excluding steroid dienone is 8. The van der Waals surface area contributed by atoms with E-state index in [0.29, 0.717) is 0 Å². The van der Waals surface area contributed by atoms with E-state index in [-0.39, 0.29) is 0 Å². The molecule has 0 unspecified atom stereocenters. The molecule has 0 aromatic heterocycles. The second-order valence-electron chi connectivity index (χ2n) is 8.72. The first-order chi connectivity index (χ1) is 13.2. The molecule has 152 valence electrons. The number of rotatable bonds is 14. The molecule has 0 aromatic rings. The van der Waals surface area contributed by atoms with Crippen molar-refractivity contribution in [3.05, 3.63) is 42.0 Å². The van der Waals surface area contributed by atoms with Crippen LogP contribution in [0.2, 0.25) is 8.26 Å². The van der Waals surface area contributed by atoms with Crippen molar-refractivity contribution in [2.75, 3.05) is 0 Å². The van der Waals surface area contributed by atoms with Gasteiger partial charge in [-0.1, -0.05) is 0 Å². The van der Waals surface area contributed by atoms with Crippen LogP contribution in [0.1, 0.15) is 105 Å². The van der Waals surface area contributed by atoms with Gasteiger partial charge < -0.3 is 0 Å². The van der Waals surface area contributed by atoms with Gasteiger partial charge in [0.25, 0.3) is 0 Å². The fourth-order valence-electron chi connectivity index (χ4n) is 5.18. The van der Waals surface area contributed by atoms with Gasteiger partial charge in [-0.25, -0.2) is 0 Å². The summed E-state index contributed by atoms with van der Waals surface area (Å²) in [7, 11) is 0. The molecule has 0 spiro atoms. The Balaban J connectivity index is 2.49. The minimum atomic E-state index is -2.54. The minimum absolute atomic E-state index is 1.30. The number of hydrogen-bond donors (Lipinski definition) is 0. The zero-order chi connectivity index (χ0) is 19.5. The van der Waals surface area contributed by atoms with Gasteiger partial charge >= 0.3 is 175 Å². The Kier molecular flexibility index (Phi) is 10.6. The van der Waals surface area contributed by atoms with Gasteiger partial charge in [0, 0.05) is 0 Å². The third kappa shape index (κ3) is 5.91. The molecule has 0 aromatic carbocycles. The Hall–Kier alpha value is -0.157. The first-order valence-electron chi connectivity index (χ1n) is 12.0. The van der Waals surface area contributed by atoms with Crippen LogP contribution >= 0.6 is 0 Å². The molecular formula is C26H44Zr. The van der Waals surface area contributed by atoms with Crippen LogP contribution in [0, 0.1) is 0 Å². The first kappa shape index (κ1) is 23.1. The summed E-state index contributed by atoms with van der Waals surface area (Å²) >= 11 is -2.54. The maximum atomic E-state index is 2.53. The van der Waals surface area contributed by atoms with Crippen LogP contribution in [0.4, 0.5) is 0 Å². The molecule has 2 rings (SSSR count). The Bertz CT molecular complexity index is 521. The zero-order valence-corrected chi connectivity index (χ0v) is 21.2. The van der Waals surface area contributed by atoms with Crippen molar-refractivity contribution in [1.29, 1.82) is 0 Å². The Morgan fingerprint density at radius 3 is 1.41 bits per heavy atom. The van der Waals surface area contributed by atoms with Crippen LogP contribution in [0.15, 0.2) is 42.0 Å². The summed E-state index contributed by atoms with van der Waals surface area (Å²) in [5, 5.41) is 0. The molecule has 0 radical (unpaired) electrons. The molecule has 2 aliphatic carbocycles. The third-order valence-corrected chi connectivity index (χ3v) is 20.9. The maximum absolute atomic E-state index is 2.54.